The summed E-state index contributed by atoms with van der Waals surface area (Å²) in [6.07, 6.45) is -7.01. The van der Waals surface area contributed by atoms with Crippen LogP contribution in [0.1, 0.15) is 12.8 Å². The Hall–Kier alpha value is -1.77. The van der Waals surface area contributed by atoms with Crippen LogP contribution in [-0.4, -0.2) is 25.6 Å². The van der Waals surface area contributed by atoms with Crippen molar-refractivity contribution in [3.63, 3.8) is 0 Å². The van der Waals surface area contributed by atoms with Crippen LogP contribution < -0.4 is 5.11 Å². The normalized spacial score (nSPS) is 13.5. The largest absolute Gasteiger partial charge is 0.861 e. The second-order valence-electron chi connectivity index (χ2n) is 3.57. The molecule has 0 unspecified atom stereocenters. The first-order valence-electron chi connectivity index (χ1n) is 4.97. The van der Waals surface area contributed by atoms with E-state index in [-0.39, 0.29) is 10.6 Å². The van der Waals surface area contributed by atoms with E-state index < -0.39 is 34.9 Å². The minimum absolute atomic E-state index is 0.192. The smallest absolute Gasteiger partial charge is 0.389 e. The molecule has 0 radical (unpaired) electrons. The lowest BCUT2D eigenvalue weighted by molar-refractivity contribution is -0.221. The van der Waals surface area contributed by atoms with Gasteiger partial charge < -0.3 is 10.2 Å². The Bertz CT molecular complexity index is 563. The zero-order chi connectivity index (χ0) is 14.7. The van der Waals surface area contributed by atoms with Crippen molar-refractivity contribution in [2.24, 2.45) is 4.40 Å². The van der Waals surface area contributed by atoms with E-state index in [0.717, 1.165) is 24.3 Å². The number of sulfonamides is 1. The average molecular weight is 296 g/mol. The number of rotatable bonds is 4. The van der Waals surface area contributed by atoms with Gasteiger partial charge in [0.15, 0.2) is 0 Å². The molecule has 1 N–H and O–H groups in total. The van der Waals surface area contributed by atoms with Gasteiger partial charge >= 0.3 is 6.18 Å². The minimum atomic E-state index is -4.55. The van der Waals surface area contributed by atoms with Crippen LogP contribution in [0, 0.1) is 0 Å². The van der Waals surface area contributed by atoms with Gasteiger partial charge in [-0.2, -0.15) is 26.0 Å². The van der Waals surface area contributed by atoms with Crippen LogP contribution in [-0.2, 0) is 10.0 Å². The lowest BCUT2D eigenvalue weighted by Gasteiger charge is -2.12. The van der Waals surface area contributed by atoms with E-state index >= 15 is 0 Å². The van der Waals surface area contributed by atoms with Gasteiger partial charge in [-0.25, -0.2) is 0 Å². The Balaban J connectivity index is 2.86. The zero-order valence-corrected chi connectivity index (χ0v) is 10.2. The minimum Gasteiger partial charge on any atom is -0.861 e. The number of benzene rings is 1. The summed E-state index contributed by atoms with van der Waals surface area (Å²) < 4.78 is 61.4. The molecule has 19 heavy (non-hydrogen) atoms. The maximum absolute atomic E-state index is 11.8. The monoisotopic (exact) mass is 296 g/mol. The highest BCUT2D eigenvalue weighted by Crippen LogP contribution is 2.22. The van der Waals surface area contributed by atoms with Gasteiger partial charge in [0.2, 0.25) is 0 Å². The molecule has 0 spiro atoms. The van der Waals surface area contributed by atoms with Crippen LogP contribution >= 0.6 is 0 Å². The molecule has 0 bridgehead atoms. The van der Waals surface area contributed by atoms with Crippen molar-refractivity contribution < 1.29 is 31.8 Å². The Morgan fingerprint density at radius 3 is 2.26 bits per heavy atom. The molecule has 0 amide bonds. The molecule has 0 heterocycles. The molecule has 1 aromatic rings. The van der Waals surface area contributed by atoms with E-state index in [2.05, 4.69) is 4.40 Å². The summed E-state index contributed by atoms with van der Waals surface area (Å²) in [4.78, 5) is -0.384. The highest BCUT2D eigenvalue weighted by molar-refractivity contribution is 7.90. The number of aromatic hydroxyl groups is 1. The second kappa shape index (κ2) is 5.47. The van der Waals surface area contributed by atoms with Crippen molar-refractivity contribution in [2.45, 2.75) is 23.9 Å². The van der Waals surface area contributed by atoms with E-state index in [4.69, 9.17) is 5.11 Å². The van der Waals surface area contributed by atoms with Crippen molar-refractivity contribution in [1.82, 2.24) is 0 Å². The molecule has 5 nitrogen and oxygen atoms in total. The molecule has 0 saturated heterocycles. The van der Waals surface area contributed by atoms with Crippen LogP contribution in [0.2, 0.25) is 0 Å². The maximum Gasteiger partial charge on any atom is 0.389 e. The van der Waals surface area contributed by atoms with Crippen molar-refractivity contribution in [3.8, 4) is 5.75 Å². The van der Waals surface area contributed by atoms with E-state index in [1.807, 2.05) is 0 Å². The quantitative estimate of drug-likeness (QED) is 0.667. The van der Waals surface area contributed by atoms with Crippen LogP contribution in [0.3, 0.4) is 0 Å². The first kappa shape index (κ1) is 15.3. The number of alkyl halides is 3. The summed E-state index contributed by atoms with van der Waals surface area (Å²) in [5.41, 5.74) is 0. The molecule has 0 aliphatic rings. The van der Waals surface area contributed by atoms with Crippen LogP contribution in [0.5, 0.6) is 5.75 Å². The van der Waals surface area contributed by atoms with Crippen LogP contribution in [0.25, 0.3) is 0 Å². The third kappa shape index (κ3) is 5.16. The number of phenols is 1. The number of hydrogen-bond donors (Lipinski definition) is 1. The fourth-order valence-corrected chi connectivity index (χ4v) is 2.04. The average Bonchev–Trinajstić information content (AvgIpc) is 2.25. The molecule has 0 saturated carbocycles. The molecule has 106 valence electrons. The predicted molar refractivity (Wildman–Crippen MR) is 58.0 cm³/mol. The lowest BCUT2D eigenvalue weighted by atomic mass is 10.3. The molecule has 1 aromatic carbocycles. The van der Waals surface area contributed by atoms with Gasteiger partial charge in [-0.15, -0.1) is 0 Å². The first-order valence-corrected chi connectivity index (χ1v) is 6.41. The summed E-state index contributed by atoms with van der Waals surface area (Å²) in [6, 6.07) is 4.10. The summed E-state index contributed by atoms with van der Waals surface area (Å²) in [5.74, 6) is -1.56. The molecule has 0 aliphatic heterocycles. The second-order valence-corrected chi connectivity index (χ2v) is 5.17. The van der Waals surface area contributed by atoms with Crippen molar-refractivity contribution in [1.29, 1.82) is 0 Å². The zero-order valence-electron chi connectivity index (χ0n) is 9.38. The van der Waals surface area contributed by atoms with E-state index in [0.29, 0.717) is 0 Å². The topological polar surface area (TPSA) is 89.8 Å². The van der Waals surface area contributed by atoms with Gasteiger partial charge in [0.25, 0.3) is 10.0 Å². The Morgan fingerprint density at radius 1 is 1.26 bits per heavy atom. The third-order valence-corrected chi connectivity index (χ3v) is 3.29. The molecule has 0 atom stereocenters. The molecule has 9 heteroatoms. The van der Waals surface area contributed by atoms with Gasteiger partial charge in [0.1, 0.15) is 5.75 Å². The lowest BCUT2D eigenvalue weighted by Crippen LogP contribution is -2.22. The summed E-state index contributed by atoms with van der Waals surface area (Å²) >= 11 is 0. The van der Waals surface area contributed by atoms with Crippen LogP contribution in [0.15, 0.2) is 33.6 Å². The fourth-order valence-electron chi connectivity index (χ4n) is 1.10. The van der Waals surface area contributed by atoms with E-state index in [1.54, 1.807) is 0 Å². The van der Waals surface area contributed by atoms with E-state index in [1.165, 1.54) is 0 Å². The standard InChI is InChI=1S/C10H10F3NO4S/c11-10(12,13)6-5-9(16)14-19(17,18)8-3-1-7(15)2-4-8/h1-4,15H,5-6H2,(H,14,16)/p-1. The van der Waals surface area contributed by atoms with Gasteiger partial charge in [0, 0.05) is 6.42 Å². The van der Waals surface area contributed by atoms with Crippen molar-refractivity contribution in [2.75, 3.05) is 0 Å². The van der Waals surface area contributed by atoms with Gasteiger partial charge in [-0.1, -0.05) is 0 Å². The number of hydrogen-bond acceptors (Lipinski definition) is 4. The number of nitrogens with zero attached hydrogens (tertiary/aromatic N) is 1. The summed E-state index contributed by atoms with van der Waals surface area (Å²) in [5, 5.41) is 20.0. The highest BCUT2D eigenvalue weighted by atomic mass is 32.2. The molecule has 0 fully saturated rings. The highest BCUT2D eigenvalue weighted by Gasteiger charge is 2.26. The molecular weight excluding hydrogens is 287 g/mol. The van der Waals surface area contributed by atoms with Gasteiger partial charge in [-0.3, -0.25) is 0 Å². The van der Waals surface area contributed by atoms with Crippen molar-refractivity contribution >= 4 is 15.9 Å². The Kier molecular flexibility index (Phi) is 4.40. The summed E-state index contributed by atoms with van der Waals surface area (Å²) in [6.45, 7) is 0. The Morgan fingerprint density at radius 2 is 1.79 bits per heavy atom. The predicted octanol–water partition coefficient (Wildman–Crippen LogP) is 1.18. The van der Waals surface area contributed by atoms with Crippen LogP contribution in [0.4, 0.5) is 13.2 Å². The molecule has 0 aliphatic carbocycles. The molecule has 0 aromatic heterocycles. The Labute approximate surface area is 107 Å². The molecule has 1 rings (SSSR count). The SMILES string of the molecule is O=S(=O)(/N=C(\[O-])CCC(F)(F)F)c1ccc(O)cc1. The van der Waals surface area contributed by atoms with E-state index in [9.17, 15) is 26.7 Å². The van der Waals surface area contributed by atoms with Crippen molar-refractivity contribution in [3.05, 3.63) is 24.3 Å². The molecular formula is C10H9F3NO4S-. The maximum atomic E-state index is 11.8. The first-order chi connectivity index (χ1) is 8.60. The number of phenolic OH excluding ortho intramolecular Hbond substituents is 1. The number of halogens is 3. The third-order valence-electron chi connectivity index (χ3n) is 1.98. The summed E-state index contributed by atoms with van der Waals surface area (Å²) in [7, 11) is -4.35. The fraction of sp³-hybridized carbons (Fsp3) is 0.300. The van der Waals surface area contributed by atoms with Gasteiger partial charge in [-0.05, 0) is 36.6 Å². The van der Waals surface area contributed by atoms with Gasteiger partial charge in [0.05, 0.1) is 4.90 Å².